The minimum Gasteiger partial charge on any atom is -0.356 e. The zero-order chi connectivity index (χ0) is 24.8. The number of aryl methyl sites for hydroxylation is 1. The molecule has 0 unspecified atom stereocenters. The van der Waals surface area contributed by atoms with Crippen molar-refractivity contribution in [2.24, 2.45) is 5.92 Å². The van der Waals surface area contributed by atoms with Crippen molar-refractivity contribution >= 4 is 26.8 Å². The smallest absolute Gasteiger partial charge is 0.243 e. The van der Waals surface area contributed by atoms with E-state index < -0.39 is 10.0 Å². The summed E-state index contributed by atoms with van der Waals surface area (Å²) in [6, 6.07) is 17.6. The number of aromatic nitrogens is 1. The van der Waals surface area contributed by atoms with Crippen LogP contribution in [0.4, 0.5) is 0 Å². The lowest BCUT2D eigenvalue weighted by atomic mass is 9.99. The standard InChI is InChI=1S/C27H36N4O3S/c1-3-30-18-14-23-19-25(12-13-26(23)30)35(33,34)31-17-7-11-24(21-31)27(32)28-15-8-16-29(2)20-22-9-5-4-6-10-22/h4-6,9-10,12-14,18-19,24H,3,7-8,11,15-17,20-21H2,1-2H3,(H,28,32)/t24-/m1/s1. The van der Waals surface area contributed by atoms with Crippen molar-refractivity contribution in [1.29, 1.82) is 0 Å². The van der Waals surface area contributed by atoms with Crippen LogP contribution in [0.3, 0.4) is 0 Å². The molecule has 188 valence electrons. The SMILES string of the molecule is CCn1ccc2cc(S(=O)(=O)N3CCC[C@@H](C(=O)NCCCN(C)Cc4ccccc4)C3)ccc21. The van der Waals surface area contributed by atoms with Gasteiger partial charge >= 0.3 is 0 Å². The molecule has 2 heterocycles. The second kappa shape index (κ2) is 11.4. The van der Waals surface area contributed by atoms with Gasteiger partial charge in [-0.25, -0.2) is 8.42 Å². The van der Waals surface area contributed by atoms with Gasteiger partial charge in [0, 0.05) is 49.8 Å². The topological polar surface area (TPSA) is 74.6 Å². The van der Waals surface area contributed by atoms with Crippen LogP contribution in [0, 0.1) is 5.92 Å². The summed E-state index contributed by atoms with van der Waals surface area (Å²) in [5, 5.41) is 3.94. The zero-order valence-electron chi connectivity index (χ0n) is 20.7. The second-order valence-electron chi connectivity index (χ2n) is 9.39. The van der Waals surface area contributed by atoms with E-state index in [-0.39, 0.29) is 18.4 Å². The van der Waals surface area contributed by atoms with Gasteiger partial charge in [-0.15, -0.1) is 0 Å². The molecule has 2 aromatic carbocycles. The second-order valence-corrected chi connectivity index (χ2v) is 11.3. The molecule has 1 aromatic heterocycles. The van der Waals surface area contributed by atoms with Crippen molar-refractivity contribution in [3.8, 4) is 0 Å². The largest absolute Gasteiger partial charge is 0.356 e. The third kappa shape index (κ3) is 6.12. The predicted octanol–water partition coefficient (Wildman–Crippen LogP) is 3.70. The molecule has 4 rings (SSSR count). The Morgan fingerprint density at radius 1 is 1.14 bits per heavy atom. The molecular weight excluding hydrogens is 460 g/mol. The number of amides is 1. The molecule has 0 saturated carbocycles. The quantitative estimate of drug-likeness (QED) is 0.435. The Labute approximate surface area is 208 Å². The lowest BCUT2D eigenvalue weighted by Crippen LogP contribution is -2.45. The number of piperidine rings is 1. The van der Waals surface area contributed by atoms with Crippen LogP contribution in [0.5, 0.6) is 0 Å². The number of fused-ring (bicyclic) bond motifs is 1. The highest BCUT2D eigenvalue weighted by molar-refractivity contribution is 7.89. The van der Waals surface area contributed by atoms with E-state index in [1.165, 1.54) is 9.87 Å². The Morgan fingerprint density at radius 2 is 1.94 bits per heavy atom. The number of nitrogens with zero attached hydrogens (tertiary/aromatic N) is 3. The number of hydrogen-bond acceptors (Lipinski definition) is 4. The van der Waals surface area contributed by atoms with Crippen molar-refractivity contribution in [3.63, 3.8) is 0 Å². The third-order valence-electron chi connectivity index (χ3n) is 6.79. The Bertz CT molecular complexity index is 1240. The molecule has 1 aliphatic heterocycles. The van der Waals surface area contributed by atoms with E-state index in [2.05, 4.69) is 40.9 Å². The van der Waals surface area contributed by atoms with Gasteiger partial charge in [0.25, 0.3) is 0 Å². The summed E-state index contributed by atoms with van der Waals surface area (Å²) < 4.78 is 30.3. The van der Waals surface area contributed by atoms with Crippen LogP contribution in [-0.2, 0) is 27.9 Å². The number of carbonyl (C=O) groups excluding carboxylic acids is 1. The lowest BCUT2D eigenvalue weighted by Gasteiger charge is -2.31. The van der Waals surface area contributed by atoms with Gasteiger partial charge in [0.15, 0.2) is 0 Å². The Kier molecular flexibility index (Phi) is 8.26. The van der Waals surface area contributed by atoms with Crippen molar-refractivity contribution < 1.29 is 13.2 Å². The number of hydrogen-bond donors (Lipinski definition) is 1. The van der Waals surface area contributed by atoms with E-state index >= 15 is 0 Å². The average molecular weight is 497 g/mol. The van der Waals surface area contributed by atoms with E-state index in [0.29, 0.717) is 30.8 Å². The Hall–Kier alpha value is -2.68. The highest BCUT2D eigenvalue weighted by atomic mass is 32.2. The molecule has 0 bridgehead atoms. The summed E-state index contributed by atoms with van der Waals surface area (Å²) in [6.45, 7) is 5.92. The molecule has 1 atom stereocenters. The number of nitrogens with one attached hydrogen (secondary N) is 1. The Balaban J connectivity index is 1.29. The summed E-state index contributed by atoms with van der Waals surface area (Å²) in [5.74, 6) is -0.364. The van der Waals surface area contributed by atoms with Gasteiger partial charge in [0.1, 0.15) is 0 Å². The number of benzene rings is 2. The number of rotatable bonds is 10. The number of sulfonamides is 1. The van der Waals surface area contributed by atoms with Crippen LogP contribution in [0.15, 0.2) is 65.7 Å². The lowest BCUT2D eigenvalue weighted by molar-refractivity contribution is -0.126. The van der Waals surface area contributed by atoms with Gasteiger partial charge < -0.3 is 14.8 Å². The maximum Gasteiger partial charge on any atom is 0.243 e. The van der Waals surface area contributed by atoms with Gasteiger partial charge in [-0.1, -0.05) is 30.3 Å². The molecule has 1 saturated heterocycles. The van der Waals surface area contributed by atoms with E-state index in [9.17, 15) is 13.2 Å². The third-order valence-corrected chi connectivity index (χ3v) is 8.65. The summed E-state index contributed by atoms with van der Waals surface area (Å²) >= 11 is 0. The molecule has 7 nitrogen and oxygen atoms in total. The van der Waals surface area contributed by atoms with E-state index in [0.717, 1.165) is 37.0 Å². The van der Waals surface area contributed by atoms with Gasteiger partial charge in [-0.2, -0.15) is 4.31 Å². The highest BCUT2D eigenvalue weighted by Gasteiger charge is 2.33. The maximum atomic E-state index is 13.3. The van der Waals surface area contributed by atoms with Gasteiger partial charge in [-0.3, -0.25) is 4.79 Å². The molecule has 1 fully saturated rings. The van der Waals surface area contributed by atoms with Crippen LogP contribution >= 0.6 is 0 Å². The Morgan fingerprint density at radius 3 is 2.71 bits per heavy atom. The van der Waals surface area contributed by atoms with E-state index in [1.807, 2.05) is 36.5 Å². The van der Waals surface area contributed by atoms with Crippen molar-refractivity contribution in [1.82, 2.24) is 19.1 Å². The number of carbonyl (C=O) groups is 1. The van der Waals surface area contributed by atoms with Crippen molar-refractivity contribution in [3.05, 3.63) is 66.4 Å². The van der Waals surface area contributed by atoms with Gasteiger partial charge in [-0.05, 0) is 69.6 Å². The molecule has 0 spiro atoms. The maximum absolute atomic E-state index is 13.3. The summed E-state index contributed by atoms with van der Waals surface area (Å²) in [5.41, 5.74) is 2.29. The summed E-state index contributed by atoms with van der Waals surface area (Å²) in [7, 11) is -1.57. The fraction of sp³-hybridized carbons (Fsp3) is 0.444. The van der Waals surface area contributed by atoms with E-state index in [4.69, 9.17) is 0 Å². The average Bonchev–Trinajstić information content (AvgIpc) is 3.29. The molecule has 0 aliphatic carbocycles. The molecule has 3 aromatic rings. The van der Waals surface area contributed by atoms with E-state index in [1.54, 1.807) is 12.1 Å². The van der Waals surface area contributed by atoms with Crippen molar-refractivity contribution in [2.45, 2.75) is 44.2 Å². The minimum absolute atomic E-state index is 0.0499. The molecule has 8 heteroatoms. The molecule has 1 amide bonds. The summed E-state index contributed by atoms with van der Waals surface area (Å²) in [4.78, 5) is 15.3. The highest BCUT2D eigenvalue weighted by Crippen LogP contribution is 2.27. The first kappa shape index (κ1) is 25.4. The monoisotopic (exact) mass is 496 g/mol. The molecule has 1 aliphatic rings. The first-order valence-corrected chi connectivity index (χ1v) is 13.9. The fourth-order valence-corrected chi connectivity index (χ4v) is 6.38. The minimum atomic E-state index is -3.65. The van der Waals surface area contributed by atoms with Crippen LogP contribution in [0.25, 0.3) is 10.9 Å². The van der Waals surface area contributed by atoms with Crippen LogP contribution < -0.4 is 5.32 Å². The van der Waals surface area contributed by atoms with Crippen LogP contribution in [-0.4, -0.2) is 61.3 Å². The predicted molar refractivity (Wildman–Crippen MR) is 139 cm³/mol. The normalized spacial score (nSPS) is 17.2. The summed E-state index contributed by atoms with van der Waals surface area (Å²) in [6.07, 6.45) is 4.22. The van der Waals surface area contributed by atoms with Crippen LogP contribution in [0.1, 0.15) is 31.7 Å². The molecule has 0 radical (unpaired) electrons. The van der Waals surface area contributed by atoms with Gasteiger partial charge in [0.2, 0.25) is 15.9 Å². The first-order valence-electron chi connectivity index (χ1n) is 12.5. The van der Waals surface area contributed by atoms with Crippen molar-refractivity contribution in [2.75, 3.05) is 33.2 Å². The van der Waals surface area contributed by atoms with Gasteiger partial charge in [0.05, 0.1) is 10.8 Å². The zero-order valence-corrected chi connectivity index (χ0v) is 21.5. The molecule has 35 heavy (non-hydrogen) atoms. The first-order chi connectivity index (χ1) is 16.9. The fourth-order valence-electron chi connectivity index (χ4n) is 4.82. The molecular formula is C27H36N4O3S. The van der Waals surface area contributed by atoms with Crippen LogP contribution in [0.2, 0.25) is 0 Å². The molecule has 1 N–H and O–H groups in total.